The summed E-state index contributed by atoms with van der Waals surface area (Å²) >= 11 is 0. The highest BCUT2D eigenvalue weighted by molar-refractivity contribution is 5.76. The Kier molecular flexibility index (Phi) is 2.27. The molecule has 1 fully saturated rings. The zero-order valence-corrected chi connectivity index (χ0v) is 7.87. The lowest BCUT2D eigenvalue weighted by Crippen LogP contribution is -2.02. The van der Waals surface area contributed by atoms with Gasteiger partial charge >= 0.3 is 5.97 Å². The zero-order valence-electron chi connectivity index (χ0n) is 7.87. The summed E-state index contributed by atoms with van der Waals surface area (Å²) in [5.74, 6) is -0.582. The van der Waals surface area contributed by atoms with Crippen molar-refractivity contribution >= 4 is 5.97 Å². The Hall–Kier alpha value is -0.790. The minimum Gasteiger partial charge on any atom is -0.481 e. The minimum absolute atomic E-state index is 0.0303. The van der Waals surface area contributed by atoms with Crippen LogP contribution in [0.2, 0.25) is 0 Å². The Labute approximate surface area is 73.3 Å². The molecule has 68 valence electrons. The van der Waals surface area contributed by atoms with E-state index in [0.29, 0.717) is 0 Å². The van der Waals surface area contributed by atoms with Crippen molar-refractivity contribution in [1.82, 2.24) is 0 Å². The summed E-state index contributed by atoms with van der Waals surface area (Å²) in [4.78, 5) is 10.7. The van der Waals surface area contributed by atoms with Crippen molar-refractivity contribution < 1.29 is 9.90 Å². The Morgan fingerprint density at radius 3 is 2.50 bits per heavy atom. The van der Waals surface area contributed by atoms with Crippen LogP contribution in [0.25, 0.3) is 0 Å². The number of aliphatic carboxylic acids is 1. The van der Waals surface area contributed by atoms with E-state index in [9.17, 15) is 4.79 Å². The van der Waals surface area contributed by atoms with Gasteiger partial charge in [0.25, 0.3) is 0 Å². The summed E-state index contributed by atoms with van der Waals surface area (Å²) in [6, 6.07) is 0. The first kappa shape index (κ1) is 9.30. The fourth-order valence-electron chi connectivity index (χ4n) is 1.79. The summed E-state index contributed by atoms with van der Waals surface area (Å²) in [5, 5.41) is 8.82. The highest BCUT2D eigenvalue weighted by Crippen LogP contribution is 2.59. The van der Waals surface area contributed by atoms with Crippen LogP contribution in [0.1, 0.15) is 27.2 Å². The molecule has 1 aliphatic carbocycles. The summed E-state index contributed by atoms with van der Waals surface area (Å²) in [5.41, 5.74) is -0.0303. The average Bonchev–Trinajstić information content (AvgIpc) is 2.49. The van der Waals surface area contributed by atoms with E-state index < -0.39 is 5.97 Å². The lowest BCUT2D eigenvalue weighted by atomic mass is 10.1. The molecule has 0 heterocycles. The van der Waals surface area contributed by atoms with Gasteiger partial charge in [0.1, 0.15) is 0 Å². The van der Waals surface area contributed by atoms with E-state index in [4.69, 9.17) is 5.11 Å². The topological polar surface area (TPSA) is 37.3 Å². The summed E-state index contributed by atoms with van der Waals surface area (Å²) < 4.78 is 0. The van der Waals surface area contributed by atoms with Gasteiger partial charge in [-0.2, -0.15) is 0 Å². The fraction of sp³-hybridized carbons (Fsp3) is 0.700. The second kappa shape index (κ2) is 2.92. The van der Waals surface area contributed by atoms with Crippen molar-refractivity contribution in [3.8, 4) is 0 Å². The van der Waals surface area contributed by atoms with Crippen molar-refractivity contribution in [1.29, 1.82) is 0 Å². The van der Waals surface area contributed by atoms with E-state index in [1.807, 2.05) is 19.9 Å². The molecule has 1 aliphatic rings. The number of allylic oxidation sites excluding steroid dienone is 2. The highest BCUT2D eigenvalue weighted by Gasteiger charge is 2.60. The summed E-state index contributed by atoms with van der Waals surface area (Å²) in [7, 11) is 0. The number of carbonyl (C=O) groups is 1. The van der Waals surface area contributed by atoms with Crippen LogP contribution < -0.4 is 0 Å². The molecule has 1 rings (SSSR count). The molecule has 0 radical (unpaired) electrons. The third kappa shape index (κ3) is 1.38. The second-order valence-corrected chi connectivity index (χ2v) is 4.00. The van der Waals surface area contributed by atoms with Gasteiger partial charge in [-0.15, -0.1) is 0 Å². The van der Waals surface area contributed by atoms with Gasteiger partial charge in [-0.25, -0.2) is 0 Å². The van der Waals surface area contributed by atoms with Crippen LogP contribution in [0.3, 0.4) is 0 Å². The van der Waals surface area contributed by atoms with Gasteiger partial charge in [-0.1, -0.05) is 32.9 Å². The molecule has 0 saturated heterocycles. The van der Waals surface area contributed by atoms with Crippen molar-refractivity contribution in [2.75, 3.05) is 0 Å². The van der Waals surface area contributed by atoms with E-state index >= 15 is 0 Å². The molecular weight excluding hydrogens is 152 g/mol. The molecule has 2 nitrogen and oxygen atoms in total. The van der Waals surface area contributed by atoms with Crippen molar-refractivity contribution in [3.63, 3.8) is 0 Å². The Balaban J connectivity index is 2.60. The number of carboxylic acid groups (broad SMARTS) is 1. The normalized spacial score (nSPS) is 32.2. The van der Waals surface area contributed by atoms with Gasteiger partial charge in [0.2, 0.25) is 0 Å². The summed E-state index contributed by atoms with van der Waals surface area (Å²) in [6.07, 6.45) is 5.08. The Morgan fingerprint density at radius 1 is 1.58 bits per heavy atom. The first-order valence-electron chi connectivity index (χ1n) is 4.41. The highest BCUT2D eigenvalue weighted by atomic mass is 16.4. The van der Waals surface area contributed by atoms with Crippen molar-refractivity contribution in [2.24, 2.45) is 17.3 Å². The maximum atomic E-state index is 10.7. The van der Waals surface area contributed by atoms with Crippen LogP contribution in [0.15, 0.2) is 12.2 Å². The summed E-state index contributed by atoms with van der Waals surface area (Å²) in [6.45, 7) is 6.08. The van der Waals surface area contributed by atoms with Gasteiger partial charge in [-0.05, 0) is 17.8 Å². The molecule has 1 saturated carbocycles. The van der Waals surface area contributed by atoms with Gasteiger partial charge in [0.15, 0.2) is 0 Å². The molecular formula is C10H16O2. The molecule has 1 unspecified atom stereocenters. The maximum absolute atomic E-state index is 10.7. The predicted octanol–water partition coefficient (Wildman–Crippen LogP) is 2.31. The molecule has 0 bridgehead atoms. The predicted molar refractivity (Wildman–Crippen MR) is 47.8 cm³/mol. The first-order valence-corrected chi connectivity index (χ1v) is 4.41. The van der Waals surface area contributed by atoms with Gasteiger partial charge in [0.05, 0.1) is 5.92 Å². The molecule has 0 aromatic rings. The molecule has 12 heavy (non-hydrogen) atoms. The van der Waals surface area contributed by atoms with E-state index in [2.05, 4.69) is 13.0 Å². The molecule has 0 aliphatic heterocycles. The average molecular weight is 168 g/mol. The van der Waals surface area contributed by atoms with E-state index in [-0.39, 0.29) is 17.3 Å². The molecule has 0 spiro atoms. The number of hydrogen-bond donors (Lipinski definition) is 1. The molecule has 1 N–H and O–H groups in total. The van der Waals surface area contributed by atoms with E-state index in [1.54, 1.807) is 0 Å². The van der Waals surface area contributed by atoms with Crippen LogP contribution in [0.4, 0.5) is 0 Å². The standard InChI is InChI=1S/C10H16O2/c1-4-5-6-7-8(9(11)12)10(7,2)3/h5-8H,4H2,1-3H3,(H,11,12)/b6-5+/t7?,8-/m0/s1. The molecule has 2 heteroatoms. The van der Waals surface area contributed by atoms with Crippen molar-refractivity contribution in [3.05, 3.63) is 12.2 Å². The third-order valence-corrected chi connectivity index (χ3v) is 2.76. The first-order chi connectivity index (χ1) is 5.51. The number of carboxylic acids is 1. The number of rotatable bonds is 3. The third-order valence-electron chi connectivity index (χ3n) is 2.76. The molecule has 0 aromatic heterocycles. The largest absolute Gasteiger partial charge is 0.481 e. The van der Waals surface area contributed by atoms with Crippen LogP contribution in [-0.4, -0.2) is 11.1 Å². The van der Waals surface area contributed by atoms with Gasteiger partial charge in [0, 0.05) is 0 Å². The Morgan fingerprint density at radius 2 is 2.17 bits per heavy atom. The monoisotopic (exact) mass is 168 g/mol. The van der Waals surface area contributed by atoms with Gasteiger partial charge in [-0.3, -0.25) is 4.79 Å². The maximum Gasteiger partial charge on any atom is 0.307 e. The van der Waals surface area contributed by atoms with Crippen LogP contribution in [0, 0.1) is 17.3 Å². The van der Waals surface area contributed by atoms with Crippen LogP contribution in [0.5, 0.6) is 0 Å². The lowest BCUT2D eigenvalue weighted by molar-refractivity contribution is -0.139. The minimum atomic E-state index is -0.661. The fourth-order valence-corrected chi connectivity index (χ4v) is 1.79. The van der Waals surface area contributed by atoms with Crippen molar-refractivity contribution in [2.45, 2.75) is 27.2 Å². The van der Waals surface area contributed by atoms with E-state index in [0.717, 1.165) is 6.42 Å². The van der Waals surface area contributed by atoms with Crippen LogP contribution >= 0.6 is 0 Å². The Bertz CT molecular complexity index is 216. The molecule has 0 amide bonds. The number of hydrogen-bond acceptors (Lipinski definition) is 1. The zero-order chi connectivity index (χ0) is 9.35. The second-order valence-electron chi connectivity index (χ2n) is 4.00. The van der Waals surface area contributed by atoms with Crippen LogP contribution in [-0.2, 0) is 4.79 Å². The molecule has 2 atom stereocenters. The van der Waals surface area contributed by atoms with Gasteiger partial charge < -0.3 is 5.11 Å². The lowest BCUT2D eigenvalue weighted by Gasteiger charge is -1.95. The van der Waals surface area contributed by atoms with E-state index in [1.165, 1.54) is 0 Å². The smallest absolute Gasteiger partial charge is 0.307 e. The molecule has 0 aromatic carbocycles. The SMILES string of the molecule is CC/C=C/C1[C@@H](C(=O)O)C1(C)C. The quantitative estimate of drug-likeness (QED) is 0.656.